The molecule has 23 heavy (non-hydrogen) atoms. The van der Waals surface area contributed by atoms with Crippen molar-refractivity contribution < 1.29 is 4.42 Å². The lowest BCUT2D eigenvalue weighted by Gasteiger charge is -2.04. The Labute approximate surface area is 137 Å². The van der Waals surface area contributed by atoms with Gasteiger partial charge in [0.2, 0.25) is 0 Å². The highest BCUT2D eigenvalue weighted by Gasteiger charge is 2.13. The first-order chi connectivity index (χ1) is 11.2. The molecule has 2 aromatic carbocycles. The molecule has 118 valence electrons. The molecule has 0 aliphatic carbocycles. The zero-order chi connectivity index (χ0) is 16.2. The molecule has 0 atom stereocenters. The van der Waals surface area contributed by atoms with Crippen molar-refractivity contribution in [3.63, 3.8) is 0 Å². The number of aliphatic imine (C=N–C) groups is 1. The molecule has 0 spiro atoms. The average Bonchev–Trinajstić information content (AvgIpc) is 2.92. The van der Waals surface area contributed by atoms with Crippen LogP contribution in [0.1, 0.15) is 25.0 Å². The van der Waals surface area contributed by atoms with Gasteiger partial charge < -0.3 is 4.42 Å². The maximum Gasteiger partial charge on any atom is 0.138 e. The van der Waals surface area contributed by atoms with E-state index < -0.39 is 0 Å². The Hall–Kier alpha value is -2.35. The third-order valence-corrected chi connectivity index (χ3v) is 4.02. The summed E-state index contributed by atoms with van der Waals surface area (Å²) in [5.41, 5.74) is 4.57. The third-order valence-electron chi connectivity index (χ3n) is 4.02. The van der Waals surface area contributed by atoms with Crippen molar-refractivity contribution >= 4 is 28.2 Å². The van der Waals surface area contributed by atoms with Crippen molar-refractivity contribution in [1.82, 2.24) is 0 Å². The van der Waals surface area contributed by atoms with E-state index in [0.717, 1.165) is 24.0 Å². The summed E-state index contributed by atoms with van der Waals surface area (Å²) in [6.07, 6.45) is 7.79. The van der Waals surface area contributed by atoms with Crippen LogP contribution in [0.25, 0.3) is 21.9 Å². The second kappa shape index (κ2) is 6.82. The van der Waals surface area contributed by atoms with Crippen molar-refractivity contribution in [1.29, 1.82) is 0 Å². The summed E-state index contributed by atoms with van der Waals surface area (Å²) in [6, 6.07) is 12.9. The molecule has 2 heteroatoms. The van der Waals surface area contributed by atoms with Crippen LogP contribution in [0.2, 0.25) is 0 Å². The Morgan fingerprint density at radius 2 is 1.65 bits per heavy atom. The van der Waals surface area contributed by atoms with E-state index in [2.05, 4.69) is 61.3 Å². The van der Waals surface area contributed by atoms with Gasteiger partial charge in [0.05, 0.1) is 0 Å². The molecule has 0 bridgehead atoms. The maximum atomic E-state index is 6.31. The smallest absolute Gasteiger partial charge is 0.138 e. The van der Waals surface area contributed by atoms with E-state index in [1.165, 1.54) is 21.9 Å². The quantitative estimate of drug-likeness (QED) is 0.565. The number of para-hydroxylation sites is 2. The number of fused-ring (bicyclic) bond motifs is 3. The second-order valence-corrected chi connectivity index (χ2v) is 6.33. The standard InChI is InChI=1S/C21H23NO/c1-15(2)14-17-10-7-12-19-18-11-6-9-16(8-4-5-13-22-3)20(18)23-21(17)19/h4-7,9-13,15H,8,14H2,1-3H3/b5-4-,22-13?. The van der Waals surface area contributed by atoms with Crippen LogP contribution in [0.4, 0.5) is 0 Å². The first-order valence-corrected chi connectivity index (χ1v) is 8.20. The number of nitrogens with zero attached hydrogens (tertiary/aromatic N) is 1. The highest BCUT2D eigenvalue weighted by Crippen LogP contribution is 2.33. The SMILES string of the molecule is CN=C/C=C\Cc1cccc2c1oc1c(CC(C)C)cccc12. The Morgan fingerprint density at radius 1 is 1.00 bits per heavy atom. The topological polar surface area (TPSA) is 25.5 Å². The van der Waals surface area contributed by atoms with Gasteiger partial charge in [-0.15, -0.1) is 0 Å². The van der Waals surface area contributed by atoms with Crippen molar-refractivity contribution in [2.45, 2.75) is 26.7 Å². The summed E-state index contributed by atoms with van der Waals surface area (Å²) in [5, 5.41) is 2.43. The van der Waals surface area contributed by atoms with Gasteiger partial charge in [-0.25, -0.2) is 0 Å². The van der Waals surface area contributed by atoms with E-state index in [9.17, 15) is 0 Å². The van der Waals surface area contributed by atoms with Gasteiger partial charge in [-0.2, -0.15) is 0 Å². The molecule has 0 saturated carbocycles. The van der Waals surface area contributed by atoms with Crippen LogP contribution in [-0.4, -0.2) is 13.3 Å². The second-order valence-electron chi connectivity index (χ2n) is 6.33. The Balaban J connectivity index is 2.11. The first-order valence-electron chi connectivity index (χ1n) is 8.20. The van der Waals surface area contributed by atoms with E-state index in [0.29, 0.717) is 5.92 Å². The number of hydrogen-bond donors (Lipinski definition) is 0. The van der Waals surface area contributed by atoms with E-state index in [-0.39, 0.29) is 0 Å². The molecule has 3 rings (SSSR count). The average molecular weight is 305 g/mol. The first kappa shape index (κ1) is 15.5. The fraction of sp³-hybridized carbons (Fsp3) is 0.286. The van der Waals surface area contributed by atoms with Gasteiger partial charge in [-0.05, 0) is 36.0 Å². The van der Waals surface area contributed by atoms with E-state index >= 15 is 0 Å². The Bertz CT molecular complexity index is 868. The number of benzene rings is 2. The van der Waals surface area contributed by atoms with Gasteiger partial charge in [0.15, 0.2) is 0 Å². The molecule has 0 saturated heterocycles. The lowest BCUT2D eigenvalue weighted by atomic mass is 10.00. The van der Waals surface area contributed by atoms with Crippen LogP contribution < -0.4 is 0 Å². The van der Waals surface area contributed by atoms with Crippen molar-refractivity contribution in [2.75, 3.05) is 7.05 Å². The van der Waals surface area contributed by atoms with Crippen LogP contribution in [0.5, 0.6) is 0 Å². The van der Waals surface area contributed by atoms with E-state index in [1.54, 1.807) is 13.3 Å². The van der Waals surface area contributed by atoms with Crippen molar-refractivity contribution in [3.05, 3.63) is 59.7 Å². The molecule has 0 amide bonds. The molecule has 0 radical (unpaired) electrons. The van der Waals surface area contributed by atoms with Gasteiger partial charge in [0.1, 0.15) is 11.2 Å². The van der Waals surface area contributed by atoms with Crippen LogP contribution >= 0.6 is 0 Å². The van der Waals surface area contributed by atoms with Gasteiger partial charge in [0.25, 0.3) is 0 Å². The summed E-state index contributed by atoms with van der Waals surface area (Å²) in [4.78, 5) is 3.97. The molecule has 0 N–H and O–H groups in total. The highest BCUT2D eigenvalue weighted by atomic mass is 16.3. The molecule has 0 unspecified atom stereocenters. The number of hydrogen-bond acceptors (Lipinski definition) is 2. The van der Waals surface area contributed by atoms with Crippen molar-refractivity contribution in [2.24, 2.45) is 10.9 Å². The zero-order valence-corrected chi connectivity index (χ0v) is 14.0. The fourth-order valence-corrected chi connectivity index (χ4v) is 3.04. The van der Waals surface area contributed by atoms with Crippen LogP contribution in [0.3, 0.4) is 0 Å². The normalized spacial score (nSPS) is 12.5. The number of rotatable bonds is 5. The molecule has 1 heterocycles. The zero-order valence-electron chi connectivity index (χ0n) is 14.0. The lowest BCUT2D eigenvalue weighted by Crippen LogP contribution is -1.93. The molecular formula is C21H23NO. The summed E-state index contributed by atoms with van der Waals surface area (Å²) in [6.45, 7) is 4.49. The minimum absolute atomic E-state index is 0.615. The molecule has 0 aliphatic rings. The van der Waals surface area contributed by atoms with Gasteiger partial charge >= 0.3 is 0 Å². The summed E-state index contributed by atoms with van der Waals surface area (Å²) < 4.78 is 6.31. The fourth-order valence-electron chi connectivity index (χ4n) is 3.04. The minimum Gasteiger partial charge on any atom is -0.455 e. The van der Waals surface area contributed by atoms with Gasteiger partial charge in [0, 0.05) is 24.0 Å². The molecule has 0 aliphatic heterocycles. The highest BCUT2D eigenvalue weighted by molar-refractivity contribution is 6.06. The molecule has 2 nitrogen and oxygen atoms in total. The number of furan rings is 1. The van der Waals surface area contributed by atoms with Gasteiger partial charge in [-0.3, -0.25) is 4.99 Å². The molecule has 0 fully saturated rings. The number of allylic oxidation sites excluding steroid dienone is 2. The summed E-state index contributed by atoms with van der Waals surface area (Å²) >= 11 is 0. The molecule has 1 aromatic heterocycles. The molecular weight excluding hydrogens is 282 g/mol. The third kappa shape index (κ3) is 3.21. The van der Waals surface area contributed by atoms with Crippen molar-refractivity contribution in [3.8, 4) is 0 Å². The maximum absolute atomic E-state index is 6.31. The van der Waals surface area contributed by atoms with Crippen LogP contribution in [-0.2, 0) is 12.8 Å². The van der Waals surface area contributed by atoms with E-state index in [1.807, 2.05) is 6.08 Å². The van der Waals surface area contributed by atoms with Gasteiger partial charge in [-0.1, -0.05) is 56.3 Å². The Morgan fingerprint density at radius 3 is 2.30 bits per heavy atom. The lowest BCUT2D eigenvalue weighted by molar-refractivity contribution is 0.622. The molecule has 3 aromatic rings. The largest absolute Gasteiger partial charge is 0.455 e. The summed E-state index contributed by atoms with van der Waals surface area (Å²) in [7, 11) is 1.78. The predicted molar refractivity (Wildman–Crippen MR) is 99.5 cm³/mol. The van der Waals surface area contributed by atoms with Crippen LogP contribution in [0, 0.1) is 5.92 Å². The monoisotopic (exact) mass is 305 g/mol. The van der Waals surface area contributed by atoms with E-state index in [4.69, 9.17) is 4.42 Å². The summed E-state index contributed by atoms with van der Waals surface area (Å²) in [5.74, 6) is 0.615. The van der Waals surface area contributed by atoms with Crippen LogP contribution in [0.15, 0.2) is 58.0 Å². The Kier molecular flexibility index (Phi) is 4.61. The minimum atomic E-state index is 0.615. The predicted octanol–water partition coefficient (Wildman–Crippen LogP) is 5.58.